The van der Waals surface area contributed by atoms with E-state index < -0.39 is 6.09 Å². The van der Waals surface area contributed by atoms with Crippen molar-refractivity contribution in [3.05, 3.63) is 0 Å². The molecule has 0 aliphatic rings. The largest absolute Gasteiger partial charge is 0.465 e. The lowest BCUT2D eigenvalue weighted by atomic mass is 10.2. The molecule has 1 amide bonds. The van der Waals surface area contributed by atoms with Gasteiger partial charge in [-0.3, -0.25) is 0 Å². The van der Waals surface area contributed by atoms with E-state index in [0.717, 1.165) is 25.7 Å². The summed E-state index contributed by atoms with van der Waals surface area (Å²) in [7, 11) is 0. The highest BCUT2D eigenvalue weighted by molar-refractivity contribution is 5.64. The zero-order valence-corrected chi connectivity index (χ0v) is 12.0. The summed E-state index contributed by atoms with van der Waals surface area (Å²) in [5.41, 5.74) is 0. The Bertz CT molecular complexity index is 215. The van der Waals surface area contributed by atoms with Gasteiger partial charge in [-0.1, -0.05) is 12.8 Å². The number of ether oxygens (including phenoxy) is 3. The summed E-state index contributed by atoms with van der Waals surface area (Å²) in [6.45, 7) is 3.73. The quantitative estimate of drug-likeness (QED) is 0.387. The summed E-state index contributed by atoms with van der Waals surface area (Å²) in [5.74, 6) is 0. The van der Waals surface area contributed by atoms with E-state index in [1.54, 1.807) is 0 Å². The molecule has 3 N–H and O–H groups in total. The van der Waals surface area contributed by atoms with Crippen molar-refractivity contribution in [1.82, 2.24) is 5.32 Å². The zero-order chi connectivity index (χ0) is 14.9. The molecule has 20 heavy (non-hydrogen) atoms. The molecule has 0 saturated heterocycles. The van der Waals surface area contributed by atoms with Crippen molar-refractivity contribution in [2.24, 2.45) is 0 Å². The highest BCUT2D eigenvalue weighted by Crippen LogP contribution is 1.99. The molecule has 0 bridgehead atoms. The number of hydrogen-bond acceptors (Lipinski definition) is 5. The molecule has 0 aromatic heterocycles. The highest BCUT2D eigenvalue weighted by atomic mass is 16.5. The Labute approximate surface area is 120 Å². The topological polar surface area (TPSA) is 97.3 Å². The SMILES string of the molecule is O=C(O)NCCCCCCOCCOCCOCCO. The van der Waals surface area contributed by atoms with Gasteiger partial charge in [0.05, 0.1) is 39.6 Å². The van der Waals surface area contributed by atoms with Crippen LogP contribution in [0.2, 0.25) is 0 Å². The molecule has 0 radical (unpaired) electrons. The van der Waals surface area contributed by atoms with Gasteiger partial charge < -0.3 is 29.7 Å². The van der Waals surface area contributed by atoms with Gasteiger partial charge in [0.15, 0.2) is 0 Å². The average molecular weight is 293 g/mol. The van der Waals surface area contributed by atoms with E-state index in [1.165, 1.54) is 0 Å². The molecule has 0 aliphatic heterocycles. The number of rotatable bonds is 15. The van der Waals surface area contributed by atoms with Gasteiger partial charge in [-0.05, 0) is 12.8 Å². The van der Waals surface area contributed by atoms with E-state index in [1.807, 2.05) is 0 Å². The van der Waals surface area contributed by atoms with E-state index in [0.29, 0.717) is 46.2 Å². The van der Waals surface area contributed by atoms with Crippen LogP contribution in [0.15, 0.2) is 0 Å². The number of aliphatic hydroxyl groups is 1. The van der Waals surface area contributed by atoms with E-state index in [2.05, 4.69) is 5.32 Å². The fraction of sp³-hybridized carbons (Fsp3) is 0.923. The third-order valence-electron chi connectivity index (χ3n) is 2.47. The monoisotopic (exact) mass is 293 g/mol. The van der Waals surface area contributed by atoms with Crippen LogP contribution in [-0.4, -0.2) is 69.1 Å². The van der Waals surface area contributed by atoms with Crippen LogP contribution in [0.4, 0.5) is 4.79 Å². The Morgan fingerprint density at radius 3 is 1.95 bits per heavy atom. The van der Waals surface area contributed by atoms with Gasteiger partial charge in [0.2, 0.25) is 0 Å². The van der Waals surface area contributed by atoms with E-state index >= 15 is 0 Å². The molecule has 0 aliphatic carbocycles. The summed E-state index contributed by atoms with van der Waals surface area (Å²) in [6.07, 6.45) is 2.92. The van der Waals surface area contributed by atoms with Crippen LogP contribution in [0.5, 0.6) is 0 Å². The summed E-state index contributed by atoms with van der Waals surface area (Å²) in [6, 6.07) is 0. The lowest BCUT2D eigenvalue weighted by Gasteiger charge is -2.06. The fourth-order valence-electron chi connectivity index (χ4n) is 1.48. The molecular weight excluding hydrogens is 266 g/mol. The minimum atomic E-state index is -0.963. The highest BCUT2D eigenvalue weighted by Gasteiger charge is 1.95. The molecule has 0 atom stereocenters. The Hall–Kier alpha value is -0.890. The third kappa shape index (κ3) is 17.1. The van der Waals surface area contributed by atoms with Gasteiger partial charge >= 0.3 is 6.09 Å². The van der Waals surface area contributed by atoms with E-state index in [4.69, 9.17) is 24.4 Å². The van der Waals surface area contributed by atoms with Crippen molar-refractivity contribution in [2.75, 3.05) is 52.8 Å². The maximum Gasteiger partial charge on any atom is 0.404 e. The molecule has 7 heteroatoms. The summed E-state index contributed by atoms with van der Waals surface area (Å²) < 4.78 is 15.7. The average Bonchev–Trinajstić information content (AvgIpc) is 2.43. The van der Waals surface area contributed by atoms with E-state index in [9.17, 15) is 4.79 Å². The van der Waals surface area contributed by atoms with Crippen LogP contribution in [0, 0.1) is 0 Å². The van der Waals surface area contributed by atoms with Gasteiger partial charge in [-0.15, -0.1) is 0 Å². The first-order chi connectivity index (χ1) is 9.77. The smallest absolute Gasteiger partial charge is 0.404 e. The fourth-order valence-corrected chi connectivity index (χ4v) is 1.48. The van der Waals surface area contributed by atoms with Crippen molar-refractivity contribution in [3.8, 4) is 0 Å². The van der Waals surface area contributed by atoms with Crippen LogP contribution >= 0.6 is 0 Å². The predicted molar refractivity (Wildman–Crippen MR) is 74.0 cm³/mol. The standard InChI is InChI=1S/C13H27NO6/c15-6-8-19-10-12-20-11-9-18-7-4-2-1-3-5-14-13(16)17/h14-15H,1-12H2,(H,16,17). The molecule has 0 saturated carbocycles. The first-order valence-corrected chi connectivity index (χ1v) is 7.08. The number of unbranched alkanes of at least 4 members (excludes halogenated alkanes) is 3. The molecule has 0 rings (SSSR count). The van der Waals surface area contributed by atoms with Crippen molar-refractivity contribution in [3.63, 3.8) is 0 Å². The van der Waals surface area contributed by atoms with Crippen molar-refractivity contribution in [2.45, 2.75) is 25.7 Å². The Morgan fingerprint density at radius 1 is 0.800 bits per heavy atom. The molecule has 7 nitrogen and oxygen atoms in total. The maximum absolute atomic E-state index is 10.2. The lowest BCUT2D eigenvalue weighted by Crippen LogP contribution is -2.21. The number of carbonyl (C=O) groups is 1. The van der Waals surface area contributed by atoms with Gasteiger partial charge in [0, 0.05) is 13.2 Å². The molecule has 120 valence electrons. The Balaban J connectivity index is 2.94. The van der Waals surface area contributed by atoms with Gasteiger partial charge in [-0.25, -0.2) is 4.79 Å². The predicted octanol–water partition coefficient (Wildman–Crippen LogP) is 0.857. The molecule has 0 unspecified atom stereocenters. The number of hydrogen-bond donors (Lipinski definition) is 3. The van der Waals surface area contributed by atoms with Crippen molar-refractivity contribution >= 4 is 6.09 Å². The first kappa shape index (κ1) is 19.1. The third-order valence-corrected chi connectivity index (χ3v) is 2.47. The number of carboxylic acid groups (broad SMARTS) is 1. The molecule has 0 heterocycles. The summed E-state index contributed by atoms with van der Waals surface area (Å²) >= 11 is 0. The Kier molecular flexibility index (Phi) is 15.4. The van der Waals surface area contributed by atoms with Crippen LogP contribution in [0.3, 0.4) is 0 Å². The lowest BCUT2D eigenvalue weighted by molar-refractivity contribution is 0.00720. The molecule has 0 aromatic rings. The second kappa shape index (κ2) is 16.2. The van der Waals surface area contributed by atoms with E-state index in [-0.39, 0.29) is 6.61 Å². The first-order valence-electron chi connectivity index (χ1n) is 7.08. The maximum atomic E-state index is 10.2. The second-order valence-corrected chi connectivity index (χ2v) is 4.21. The molecule has 0 spiro atoms. The minimum Gasteiger partial charge on any atom is -0.465 e. The normalized spacial score (nSPS) is 10.7. The van der Waals surface area contributed by atoms with Gasteiger partial charge in [0.1, 0.15) is 0 Å². The van der Waals surface area contributed by atoms with Gasteiger partial charge in [0.25, 0.3) is 0 Å². The Morgan fingerprint density at radius 2 is 1.35 bits per heavy atom. The second-order valence-electron chi connectivity index (χ2n) is 4.21. The van der Waals surface area contributed by atoms with Crippen LogP contribution in [-0.2, 0) is 14.2 Å². The number of amides is 1. The molecular formula is C13H27NO6. The molecule has 0 fully saturated rings. The number of nitrogens with one attached hydrogen (secondary N) is 1. The van der Waals surface area contributed by atoms with Crippen molar-refractivity contribution in [1.29, 1.82) is 0 Å². The van der Waals surface area contributed by atoms with Crippen LogP contribution in [0.1, 0.15) is 25.7 Å². The number of aliphatic hydroxyl groups excluding tert-OH is 1. The summed E-state index contributed by atoms with van der Waals surface area (Å²) in [4.78, 5) is 10.2. The molecule has 0 aromatic carbocycles. The van der Waals surface area contributed by atoms with Crippen molar-refractivity contribution < 1.29 is 29.2 Å². The van der Waals surface area contributed by atoms with Crippen LogP contribution in [0.25, 0.3) is 0 Å². The minimum absolute atomic E-state index is 0.0372. The van der Waals surface area contributed by atoms with Crippen LogP contribution < -0.4 is 5.32 Å². The van der Waals surface area contributed by atoms with Gasteiger partial charge in [-0.2, -0.15) is 0 Å². The zero-order valence-electron chi connectivity index (χ0n) is 12.0. The summed E-state index contributed by atoms with van der Waals surface area (Å²) in [5, 5.41) is 19.2.